The fourth-order valence-electron chi connectivity index (χ4n) is 2.35. The van der Waals surface area contributed by atoms with Gasteiger partial charge < -0.3 is 14.6 Å². The van der Waals surface area contributed by atoms with Crippen molar-refractivity contribution in [3.63, 3.8) is 0 Å². The molecule has 0 radical (unpaired) electrons. The molecule has 3 aromatic rings. The first kappa shape index (κ1) is 13.9. The van der Waals surface area contributed by atoms with Crippen LogP contribution in [-0.2, 0) is 0 Å². The molecule has 112 valence electrons. The van der Waals surface area contributed by atoms with E-state index in [1.54, 1.807) is 38.5 Å². The molecule has 0 atom stereocenters. The van der Waals surface area contributed by atoms with Crippen LogP contribution in [0.4, 0.5) is 0 Å². The van der Waals surface area contributed by atoms with Gasteiger partial charge in [-0.25, -0.2) is 4.79 Å². The summed E-state index contributed by atoms with van der Waals surface area (Å²) < 4.78 is 10.6. The SMILES string of the molecule is COc1ccc(OC)c(-c2n[nH]c3ccc(C(=O)O)cc23)c1. The Bertz CT molecular complexity index is 854. The van der Waals surface area contributed by atoms with E-state index in [0.717, 1.165) is 11.1 Å². The molecule has 0 spiro atoms. The van der Waals surface area contributed by atoms with Gasteiger partial charge in [-0.05, 0) is 36.4 Å². The Labute approximate surface area is 126 Å². The van der Waals surface area contributed by atoms with Crippen LogP contribution in [-0.4, -0.2) is 35.5 Å². The van der Waals surface area contributed by atoms with Gasteiger partial charge in [0, 0.05) is 10.9 Å². The smallest absolute Gasteiger partial charge is 0.335 e. The predicted molar refractivity (Wildman–Crippen MR) is 81.6 cm³/mol. The number of carboxylic acid groups (broad SMARTS) is 1. The van der Waals surface area contributed by atoms with Crippen molar-refractivity contribution < 1.29 is 19.4 Å². The van der Waals surface area contributed by atoms with Crippen molar-refractivity contribution in [2.45, 2.75) is 0 Å². The van der Waals surface area contributed by atoms with Crippen molar-refractivity contribution in [1.82, 2.24) is 10.2 Å². The normalized spacial score (nSPS) is 10.6. The van der Waals surface area contributed by atoms with Gasteiger partial charge in [-0.1, -0.05) is 0 Å². The quantitative estimate of drug-likeness (QED) is 0.773. The van der Waals surface area contributed by atoms with Crippen LogP contribution in [0.25, 0.3) is 22.2 Å². The largest absolute Gasteiger partial charge is 0.497 e. The molecule has 0 aliphatic rings. The third kappa shape index (κ3) is 2.24. The number of aromatic amines is 1. The molecule has 0 amide bonds. The molecule has 0 fully saturated rings. The second kappa shape index (κ2) is 5.40. The van der Waals surface area contributed by atoms with Crippen molar-refractivity contribution in [1.29, 1.82) is 0 Å². The minimum atomic E-state index is -0.980. The average molecular weight is 298 g/mol. The summed E-state index contributed by atoms with van der Waals surface area (Å²) >= 11 is 0. The maximum absolute atomic E-state index is 11.2. The third-order valence-electron chi connectivity index (χ3n) is 3.47. The molecule has 6 nitrogen and oxygen atoms in total. The monoisotopic (exact) mass is 298 g/mol. The van der Waals surface area contributed by atoms with Crippen LogP contribution in [0.1, 0.15) is 10.4 Å². The van der Waals surface area contributed by atoms with Gasteiger partial charge in [0.15, 0.2) is 0 Å². The Kier molecular flexibility index (Phi) is 3.42. The zero-order chi connectivity index (χ0) is 15.7. The molecular weight excluding hydrogens is 284 g/mol. The zero-order valence-electron chi connectivity index (χ0n) is 12.1. The summed E-state index contributed by atoms with van der Waals surface area (Å²) in [6, 6.07) is 10.2. The van der Waals surface area contributed by atoms with E-state index in [-0.39, 0.29) is 5.56 Å². The molecule has 3 rings (SSSR count). The second-order valence-electron chi connectivity index (χ2n) is 4.70. The molecule has 6 heteroatoms. The fourth-order valence-corrected chi connectivity index (χ4v) is 2.35. The van der Waals surface area contributed by atoms with E-state index in [1.165, 1.54) is 6.07 Å². The lowest BCUT2D eigenvalue weighted by molar-refractivity contribution is 0.0697. The maximum Gasteiger partial charge on any atom is 0.335 e. The number of benzene rings is 2. The first-order valence-corrected chi connectivity index (χ1v) is 6.58. The Morgan fingerprint density at radius 3 is 2.64 bits per heavy atom. The van der Waals surface area contributed by atoms with Crippen molar-refractivity contribution in [3.05, 3.63) is 42.0 Å². The number of nitrogens with zero attached hydrogens (tertiary/aromatic N) is 1. The summed E-state index contributed by atoms with van der Waals surface area (Å²) in [6.07, 6.45) is 0. The van der Waals surface area contributed by atoms with E-state index >= 15 is 0 Å². The molecule has 1 heterocycles. The Hall–Kier alpha value is -3.02. The summed E-state index contributed by atoms with van der Waals surface area (Å²) in [5.41, 5.74) is 2.31. The minimum absolute atomic E-state index is 0.206. The van der Waals surface area contributed by atoms with Crippen LogP contribution in [0.15, 0.2) is 36.4 Å². The average Bonchev–Trinajstić information content (AvgIpc) is 2.97. The molecule has 0 saturated heterocycles. The molecule has 22 heavy (non-hydrogen) atoms. The van der Waals surface area contributed by atoms with Crippen LogP contribution in [0, 0.1) is 0 Å². The number of H-pyrrole nitrogens is 1. The summed E-state index contributed by atoms with van der Waals surface area (Å²) in [4.78, 5) is 11.2. The Morgan fingerprint density at radius 1 is 1.14 bits per heavy atom. The van der Waals surface area contributed by atoms with Gasteiger partial charge >= 0.3 is 5.97 Å². The maximum atomic E-state index is 11.2. The number of rotatable bonds is 4. The molecule has 2 N–H and O–H groups in total. The number of methoxy groups -OCH3 is 2. The van der Waals surface area contributed by atoms with Crippen LogP contribution >= 0.6 is 0 Å². The molecular formula is C16H14N2O4. The standard InChI is InChI=1S/C16H14N2O4/c1-21-10-4-6-14(22-2)12(8-10)15-11-7-9(16(19)20)3-5-13(11)17-18-15/h3-8H,1-2H3,(H,17,18)(H,19,20). The van der Waals surface area contributed by atoms with E-state index in [2.05, 4.69) is 10.2 Å². The molecule has 0 unspecified atom stereocenters. The fraction of sp³-hybridized carbons (Fsp3) is 0.125. The summed E-state index contributed by atoms with van der Waals surface area (Å²) in [5.74, 6) is 0.322. The number of ether oxygens (including phenoxy) is 2. The first-order valence-electron chi connectivity index (χ1n) is 6.58. The van der Waals surface area contributed by atoms with Gasteiger partial charge in [-0.3, -0.25) is 5.10 Å². The Morgan fingerprint density at radius 2 is 1.95 bits per heavy atom. The lowest BCUT2D eigenvalue weighted by Gasteiger charge is -2.09. The van der Waals surface area contributed by atoms with Gasteiger partial charge in [0.05, 0.1) is 25.3 Å². The summed E-state index contributed by atoms with van der Waals surface area (Å²) in [5, 5.41) is 17.1. The number of carboxylic acids is 1. The van der Waals surface area contributed by atoms with Gasteiger partial charge in [-0.15, -0.1) is 0 Å². The van der Waals surface area contributed by atoms with Crippen LogP contribution in [0.3, 0.4) is 0 Å². The molecule has 0 saturated carbocycles. The van der Waals surface area contributed by atoms with Crippen molar-refractivity contribution >= 4 is 16.9 Å². The lowest BCUT2D eigenvalue weighted by atomic mass is 10.0. The minimum Gasteiger partial charge on any atom is -0.497 e. The Balaban J connectivity index is 2.25. The second-order valence-corrected chi connectivity index (χ2v) is 4.70. The third-order valence-corrected chi connectivity index (χ3v) is 3.47. The highest BCUT2D eigenvalue weighted by Crippen LogP contribution is 2.36. The summed E-state index contributed by atoms with van der Waals surface area (Å²) in [6.45, 7) is 0. The van der Waals surface area contributed by atoms with Crippen molar-refractivity contribution in [2.75, 3.05) is 14.2 Å². The van der Waals surface area contributed by atoms with E-state index in [4.69, 9.17) is 14.6 Å². The highest BCUT2D eigenvalue weighted by atomic mass is 16.5. The molecule has 0 aliphatic heterocycles. The predicted octanol–water partition coefficient (Wildman–Crippen LogP) is 2.95. The number of aromatic nitrogens is 2. The number of carbonyl (C=O) groups is 1. The van der Waals surface area contributed by atoms with Gasteiger partial charge in [0.2, 0.25) is 0 Å². The van der Waals surface area contributed by atoms with Crippen molar-refractivity contribution in [3.8, 4) is 22.8 Å². The summed E-state index contributed by atoms with van der Waals surface area (Å²) in [7, 11) is 3.15. The van der Waals surface area contributed by atoms with Gasteiger partial charge in [0.1, 0.15) is 17.2 Å². The number of aromatic carboxylic acids is 1. The number of hydrogen-bond donors (Lipinski definition) is 2. The zero-order valence-corrected chi connectivity index (χ0v) is 12.1. The van der Waals surface area contributed by atoms with Crippen molar-refractivity contribution in [2.24, 2.45) is 0 Å². The van der Waals surface area contributed by atoms with E-state index < -0.39 is 5.97 Å². The number of fused-ring (bicyclic) bond motifs is 1. The lowest BCUT2D eigenvalue weighted by Crippen LogP contribution is -1.95. The molecule has 0 bridgehead atoms. The molecule has 0 aliphatic carbocycles. The number of hydrogen-bond acceptors (Lipinski definition) is 4. The highest BCUT2D eigenvalue weighted by molar-refractivity contribution is 5.99. The number of nitrogens with one attached hydrogen (secondary N) is 1. The molecule has 2 aromatic carbocycles. The first-order chi connectivity index (χ1) is 10.6. The van der Waals surface area contributed by atoms with Crippen LogP contribution < -0.4 is 9.47 Å². The van der Waals surface area contributed by atoms with E-state index in [0.29, 0.717) is 22.6 Å². The topological polar surface area (TPSA) is 84.4 Å². The van der Waals surface area contributed by atoms with Crippen LogP contribution in [0.2, 0.25) is 0 Å². The molecule has 1 aromatic heterocycles. The van der Waals surface area contributed by atoms with Crippen LogP contribution in [0.5, 0.6) is 11.5 Å². The van der Waals surface area contributed by atoms with Gasteiger partial charge in [0.25, 0.3) is 0 Å². The van der Waals surface area contributed by atoms with E-state index in [9.17, 15) is 4.79 Å². The van der Waals surface area contributed by atoms with Gasteiger partial charge in [-0.2, -0.15) is 5.10 Å². The highest BCUT2D eigenvalue weighted by Gasteiger charge is 2.15. The van der Waals surface area contributed by atoms with E-state index in [1.807, 2.05) is 6.07 Å².